The van der Waals surface area contributed by atoms with Crippen LogP contribution in [0.5, 0.6) is 0 Å². The molecular weight excluding hydrogens is 212 g/mol. The molecule has 0 heterocycles. The third kappa shape index (κ3) is 63.0. The Balaban J connectivity index is -0.000000179. The molecule has 0 rings (SSSR count). The van der Waals surface area contributed by atoms with Crippen LogP contribution in [0.15, 0.2) is 12.7 Å². The average Bonchev–Trinajstić information content (AvgIpc) is 2.25. The molecule has 0 atom stereocenters. The highest BCUT2D eigenvalue weighted by molar-refractivity contribution is 5.69. The molecule has 16 heavy (non-hydrogen) atoms. The number of esters is 1. The molecule has 0 bridgehead atoms. The highest BCUT2D eigenvalue weighted by Crippen LogP contribution is 1.82. The average molecular weight is 226 g/mol. The summed E-state index contributed by atoms with van der Waals surface area (Å²) < 4.78 is 4.58. The molecule has 0 aromatic carbocycles. The molecular formula is C9H14N4O3. The van der Waals surface area contributed by atoms with Gasteiger partial charge < -0.3 is 16.2 Å². The number of rotatable bonds is 3. The summed E-state index contributed by atoms with van der Waals surface area (Å²) in [5.74, 6) is -0.176. The molecule has 4 N–H and O–H groups in total. The fourth-order valence-electron chi connectivity index (χ4n) is 0.254. The van der Waals surface area contributed by atoms with Crippen LogP contribution < -0.4 is 11.5 Å². The van der Waals surface area contributed by atoms with Crippen molar-refractivity contribution in [2.24, 2.45) is 11.5 Å². The third-order valence-corrected chi connectivity index (χ3v) is 0.701. The van der Waals surface area contributed by atoms with E-state index < -0.39 is 6.03 Å². The number of nitrogens with two attached hydrogens (primary N) is 2. The maximum atomic E-state index is 10.3. The van der Waals surface area contributed by atoms with E-state index in [0.29, 0.717) is 13.0 Å². The molecule has 88 valence electrons. The number of nitriles is 2. The lowest BCUT2D eigenvalue weighted by molar-refractivity contribution is -0.141. The Labute approximate surface area is 93.9 Å². The van der Waals surface area contributed by atoms with Crippen LogP contribution in [0.2, 0.25) is 0 Å². The van der Waals surface area contributed by atoms with Gasteiger partial charge in [0.1, 0.15) is 6.61 Å². The van der Waals surface area contributed by atoms with Crippen LogP contribution in [0.1, 0.15) is 13.3 Å². The molecule has 0 saturated heterocycles. The van der Waals surface area contributed by atoms with Crippen molar-refractivity contribution in [3.05, 3.63) is 12.7 Å². The van der Waals surface area contributed by atoms with Crippen LogP contribution in [-0.2, 0) is 9.53 Å². The Kier molecular flexibility index (Phi) is 21.8. The number of amides is 2. The summed E-state index contributed by atoms with van der Waals surface area (Å²) >= 11 is 0. The number of carbonyl (C=O) groups is 2. The molecule has 0 aliphatic rings. The minimum absolute atomic E-state index is 0.176. The fourth-order valence-corrected chi connectivity index (χ4v) is 0.254. The van der Waals surface area contributed by atoms with Crippen molar-refractivity contribution in [2.45, 2.75) is 13.3 Å². The zero-order valence-corrected chi connectivity index (χ0v) is 8.97. The fraction of sp³-hybridized carbons (Fsp3) is 0.333. The second kappa shape index (κ2) is 18.3. The molecule has 0 spiro atoms. The van der Waals surface area contributed by atoms with Crippen LogP contribution in [0.3, 0.4) is 0 Å². The lowest BCUT2D eigenvalue weighted by atomic mass is 10.5. The number of primary amides is 2. The second-order valence-electron chi connectivity index (χ2n) is 1.95. The molecule has 0 fully saturated rings. The summed E-state index contributed by atoms with van der Waals surface area (Å²) in [7, 11) is 0. The first kappa shape index (κ1) is 19.1. The number of hydrogen-bond donors (Lipinski definition) is 2. The molecule has 7 heteroatoms. The summed E-state index contributed by atoms with van der Waals surface area (Å²) in [5, 5.41) is 14.5. The Morgan fingerprint density at radius 2 is 1.75 bits per heavy atom. The van der Waals surface area contributed by atoms with Crippen LogP contribution in [0, 0.1) is 22.7 Å². The maximum Gasteiger partial charge on any atom is 0.309 e. The van der Waals surface area contributed by atoms with Gasteiger partial charge in [-0.1, -0.05) is 19.6 Å². The first-order chi connectivity index (χ1) is 7.45. The lowest BCUT2D eigenvalue weighted by Crippen LogP contribution is -2.18. The van der Waals surface area contributed by atoms with E-state index in [2.05, 4.69) is 22.8 Å². The molecule has 0 unspecified atom stereocenters. The predicted molar refractivity (Wildman–Crippen MR) is 56.4 cm³/mol. The van der Waals surface area contributed by atoms with Gasteiger partial charge in [0.15, 0.2) is 12.1 Å². The molecule has 0 aliphatic heterocycles. The van der Waals surface area contributed by atoms with E-state index in [4.69, 9.17) is 15.3 Å². The minimum atomic E-state index is -0.833. The van der Waals surface area contributed by atoms with Gasteiger partial charge in [0.25, 0.3) is 0 Å². The van der Waals surface area contributed by atoms with E-state index in [9.17, 15) is 4.79 Å². The molecule has 7 nitrogen and oxygen atoms in total. The quantitative estimate of drug-likeness (QED) is 0.521. The zero-order valence-electron chi connectivity index (χ0n) is 8.97. The van der Waals surface area contributed by atoms with Gasteiger partial charge in [0.2, 0.25) is 0 Å². The van der Waals surface area contributed by atoms with Crippen molar-refractivity contribution in [2.75, 3.05) is 6.61 Å². The molecule has 0 saturated carbocycles. The highest BCUT2D eigenvalue weighted by atomic mass is 16.5. The summed E-state index contributed by atoms with van der Waals surface area (Å²) in [6, 6.07) is 1.64. The lowest BCUT2D eigenvalue weighted by Gasteiger charge is -1.94. The number of carbonyl (C=O) groups excluding carboxylic acids is 2. The van der Waals surface area contributed by atoms with E-state index in [1.807, 2.05) is 0 Å². The van der Waals surface area contributed by atoms with E-state index in [0.717, 1.165) is 0 Å². The Bertz CT molecular complexity index is 272. The van der Waals surface area contributed by atoms with Crippen molar-refractivity contribution in [3.63, 3.8) is 0 Å². The molecule has 0 aromatic heterocycles. The van der Waals surface area contributed by atoms with Gasteiger partial charge >= 0.3 is 12.0 Å². The molecule has 2 amide bonds. The van der Waals surface area contributed by atoms with Gasteiger partial charge in [-0.05, 0) is 0 Å². The van der Waals surface area contributed by atoms with Crippen molar-refractivity contribution < 1.29 is 14.3 Å². The number of ether oxygens (including phenoxy) is 1. The van der Waals surface area contributed by atoms with Crippen molar-refractivity contribution in [3.8, 4) is 12.1 Å². The summed E-state index contributed by atoms with van der Waals surface area (Å²) in [6.45, 7) is 5.47. The Morgan fingerprint density at radius 3 is 1.94 bits per heavy atom. The van der Waals surface area contributed by atoms with E-state index in [1.165, 1.54) is 12.1 Å². The standard InChI is InChI=1S/C6H10O2.C2N2.CH4N2O/c1-3-5-8-6(7)4-2;3-1-2-4;2-1(3)4/h3H,1,4-5H2,2H3;;(H4,2,3,4). The van der Waals surface area contributed by atoms with Gasteiger partial charge in [-0.3, -0.25) is 4.79 Å². The van der Waals surface area contributed by atoms with Crippen LogP contribution in [0.25, 0.3) is 0 Å². The van der Waals surface area contributed by atoms with Crippen LogP contribution in [0.4, 0.5) is 4.79 Å². The molecule has 0 aromatic rings. The van der Waals surface area contributed by atoms with E-state index >= 15 is 0 Å². The first-order valence-corrected chi connectivity index (χ1v) is 4.05. The monoisotopic (exact) mass is 226 g/mol. The normalized spacial score (nSPS) is 6.19. The maximum absolute atomic E-state index is 10.3. The van der Waals surface area contributed by atoms with E-state index in [1.54, 1.807) is 13.0 Å². The zero-order chi connectivity index (χ0) is 13.4. The van der Waals surface area contributed by atoms with Crippen molar-refractivity contribution >= 4 is 12.0 Å². The largest absolute Gasteiger partial charge is 0.461 e. The van der Waals surface area contributed by atoms with Gasteiger partial charge in [-0.15, -0.1) is 0 Å². The van der Waals surface area contributed by atoms with Gasteiger partial charge in [0.05, 0.1) is 0 Å². The SMILES string of the molecule is C=CCOC(=O)CC.N#CC#N.NC(N)=O. The predicted octanol–water partition coefficient (Wildman–Crippen LogP) is 0.183. The Hall–Kier alpha value is -2.54. The van der Waals surface area contributed by atoms with E-state index in [-0.39, 0.29) is 5.97 Å². The summed E-state index contributed by atoms with van der Waals surface area (Å²) in [6.07, 6.45) is 1.99. The van der Waals surface area contributed by atoms with Gasteiger partial charge in [0, 0.05) is 6.42 Å². The smallest absolute Gasteiger partial charge is 0.309 e. The highest BCUT2D eigenvalue weighted by Gasteiger charge is 1.92. The number of urea groups is 1. The van der Waals surface area contributed by atoms with Crippen molar-refractivity contribution in [1.29, 1.82) is 10.5 Å². The van der Waals surface area contributed by atoms with Crippen molar-refractivity contribution in [1.82, 2.24) is 0 Å². The summed E-state index contributed by atoms with van der Waals surface area (Å²) in [4.78, 5) is 19.3. The second-order valence-corrected chi connectivity index (χ2v) is 1.95. The first-order valence-electron chi connectivity index (χ1n) is 4.05. The third-order valence-electron chi connectivity index (χ3n) is 0.701. The Morgan fingerprint density at radius 1 is 1.38 bits per heavy atom. The van der Waals surface area contributed by atoms with Crippen LogP contribution in [-0.4, -0.2) is 18.6 Å². The number of hydrogen-bond acceptors (Lipinski definition) is 5. The van der Waals surface area contributed by atoms with Crippen LogP contribution >= 0.6 is 0 Å². The summed E-state index contributed by atoms with van der Waals surface area (Å²) in [5.41, 5.74) is 8.50. The van der Waals surface area contributed by atoms with Gasteiger partial charge in [-0.2, -0.15) is 10.5 Å². The minimum Gasteiger partial charge on any atom is -0.461 e. The number of nitrogens with zero attached hydrogens (tertiary/aromatic N) is 2. The topological polar surface area (TPSA) is 143 Å². The van der Waals surface area contributed by atoms with Gasteiger partial charge in [-0.25, -0.2) is 4.79 Å². The molecule has 0 aliphatic carbocycles. The molecule has 0 radical (unpaired) electrons.